The van der Waals surface area contributed by atoms with Gasteiger partial charge in [0, 0.05) is 6.61 Å². The van der Waals surface area contributed by atoms with Crippen molar-refractivity contribution in [3.05, 3.63) is 29.8 Å². The topological polar surface area (TPSA) is 76.0 Å². The van der Waals surface area contributed by atoms with Gasteiger partial charge >= 0.3 is 5.97 Å². The van der Waals surface area contributed by atoms with Gasteiger partial charge in [-0.1, -0.05) is 19.1 Å². The number of aliphatic hydroxyl groups excluding tert-OH is 1. The van der Waals surface area contributed by atoms with Gasteiger partial charge in [0.1, 0.15) is 5.75 Å². The molecule has 1 aromatic carbocycles. The number of hydrogen-bond donors (Lipinski definition) is 2. The van der Waals surface area contributed by atoms with E-state index in [1.807, 2.05) is 31.2 Å². The van der Waals surface area contributed by atoms with Gasteiger partial charge < -0.3 is 19.7 Å². The van der Waals surface area contributed by atoms with Gasteiger partial charge in [0.25, 0.3) is 0 Å². The number of hydrogen-bond acceptors (Lipinski definition) is 4. The third-order valence-corrected chi connectivity index (χ3v) is 3.45. The van der Waals surface area contributed by atoms with Gasteiger partial charge in [-0.15, -0.1) is 0 Å². The summed E-state index contributed by atoms with van der Waals surface area (Å²) in [4.78, 5) is 10.9. The summed E-state index contributed by atoms with van der Waals surface area (Å²) in [6.07, 6.45) is 1.03. The lowest BCUT2D eigenvalue weighted by Crippen LogP contribution is -2.25. The molecule has 0 amide bonds. The molecule has 0 aliphatic rings. The minimum absolute atomic E-state index is 0.0250. The highest BCUT2D eigenvalue weighted by Crippen LogP contribution is 2.20. The van der Waals surface area contributed by atoms with Crippen LogP contribution in [0.1, 0.15) is 31.7 Å². The van der Waals surface area contributed by atoms with E-state index in [9.17, 15) is 4.79 Å². The highest BCUT2D eigenvalue weighted by Gasteiger charge is 2.21. The molecule has 0 saturated heterocycles. The molecule has 0 saturated carbocycles. The van der Waals surface area contributed by atoms with Gasteiger partial charge in [-0.25, -0.2) is 0 Å². The molecule has 5 nitrogen and oxygen atoms in total. The Morgan fingerprint density at radius 2 is 1.95 bits per heavy atom. The summed E-state index contributed by atoms with van der Waals surface area (Å²) in [5, 5.41) is 17.8. The van der Waals surface area contributed by atoms with E-state index in [-0.39, 0.29) is 25.0 Å². The highest BCUT2D eigenvalue weighted by molar-refractivity contribution is 5.67. The molecule has 0 spiro atoms. The van der Waals surface area contributed by atoms with E-state index in [1.54, 1.807) is 7.11 Å². The summed E-state index contributed by atoms with van der Waals surface area (Å²) in [5.74, 6) is -0.00534. The third-order valence-electron chi connectivity index (χ3n) is 3.45. The maximum atomic E-state index is 10.9. The normalized spacial score (nSPS) is 13.7. The standard InChI is InChI=1S/C16H24O5/c1-12(4-3-9-17)15(10-16(18)19)21-11-13-5-7-14(20-2)8-6-13/h5-8,12,15,17H,3-4,9-11H2,1-2H3,(H,18,19)/t12-,15+/m0/s1. The Balaban J connectivity index is 2.56. The minimum Gasteiger partial charge on any atom is -0.497 e. The van der Waals surface area contributed by atoms with Crippen LogP contribution in [0.5, 0.6) is 5.75 Å². The average Bonchev–Trinajstić information content (AvgIpc) is 2.49. The smallest absolute Gasteiger partial charge is 0.305 e. The van der Waals surface area contributed by atoms with Gasteiger partial charge in [-0.3, -0.25) is 4.79 Å². The van der Waals surface area contributed by atoms with Crippen LogP contribution in [0, 0.1) is 5.92 Å². The second-order valence-electron chi connectivity index (χ2n) is 5.14. The second kappa shape index (κ2) is 9.37. The number of methoxy groups -OCH3 is 1. The van der Waals surface area contributed by atoms with Crippen LogP contribution in [0.25, 0.3) is 0 Å². The SMILES string of the molecule is COc1ccc(CO[C@H](CC(=O)O)[C@@H](C)CCCO)cc1. The molecule has 0 aliphatic heterocycles. The summed E-state index contributed by atoms with van der Waals surface area (Å²) >= 11 is 0. The van der Waals surface area contributed by atoms with E-state index < -0.39 is 5.97 Å². The molecule has 0 bridgehead atoms. The Bertz CT molecular complexity index is 415. The number of carboxylic acid groups (broad SMARTS) is 1. The molecule has 2 N–H and O–H groups in total. The number of rotatable bonds is 10. The van der Waals surface area contributed by atoms with Crippen molar-refractivity contribution >= 4 is 5.97 Å². The molecule has 0 aliphatic carbocycles. The van der Waals surface area contributed by atoms with Crippen molar-refractivity contribution in [1.29, 1.82) is 0 Å². The monoisotopic (exact) mass is 296 g/mol. The highest BCUT2D eigenvalue weighted by atomic mass is 16.5. The zero-order valence-corrected chi connectivity index (χ0v) is 12.6. The maximum Gasteiger partial charge on any atom is 0.305 e. The predicted molar refractivity (Wildman–Crippen MR) is 79.3 cm³/mol. The quantitative estimate of drug-likeness (QED) is 0.693. The fraction of sp³-hybridized carbons (Fsp3) is 0.562. The first kappa shape index (κ1) is 17.5. The lowest BCUT2D eigenvalue weighted by atomic mass is 9.96. The molecule has 5 heteroatoms. The average molecular weight is 296 g/mol. The Morgan fingerprint density at radius 1 is 1.29 bits per heavy atom. The number of carboxylic acids is 1. The van der Waals surface area contributed by atoms with Crippen LogP contribution in [-0.2, 0) is 16.1 Å². The summed E-state index contributed by atoms with van der Waals surface area (Å²) in [6, 6.07) is 7.49. The van der Waals surface area contributed by atoms with Crippen LogP contribution in [-0.4, -0.2) is 36.0 Å². The van der Waals surface area contributed by atoms with Crippen molar-refractivity contribution in [3.8, 4) is 5.75 Å². The fourth-order valence-electron chi connectivity index (χ4n) is 2.12. The largest absolute Gasteiger partial charge is 0.497 e. The molecule has 2 atom stereocenters. The Morgan fingerprint density at radius 3 is 2.48 bits per heavy atom. The van der Waals surface area contributed by atoms with E-state index in [0.29, 0.717) is 13.0 Å². The molecule has 1 rings (SSSR count). The molecular formula is C16H24O5. The number of aliphatic carboxylic acids is 1. The predicted octanol–water partition coefficient (Wildman–Crippen LogP) is 2.46. The fourth-order valence-corrected chi connectivity index (χ4v) is 2.12. The van der Waals surface area contributed by atoms with Crippen molar-refractivity contribution in [3.63, 3.8) is 0 Å². The zero-order chi connectivity index (χ0) is 15.7. The molecule has 118 valence electrons. The van der Waals surface area contributed by atoms with Gasteiger partial charge in [0.05, 0.1) is 26.2 Å². The van der Waals surface area contributed by atoms with Crippen LogP contribution < -0.4 is 4.74 Å². The van der Waals surface area contributed by atoms with Gasteiger partial charge in [-0.2, -0.15) is 0 Å². The molecule has 21 heavy (non-hydrogen) atoms. The van der Waals surface area contributed by atoms with Crippen molar-refractivity contribution < 1.29 is 24.5 Å². The van der Waals surface area contributed by atoms with Crippen molar-refractivity contribution in [2.24, 2.45) is 5.92 Å². The molecule has 1 aromatic rings. The lowest BCUT2D eigenvalue weighted by molar-refractivity contribution is -0.141. The van der Waals surface area contributed by atoms with Crippen molar-refractivity contribution in [1.82, 2.24) is 0 Å². The molecule has 0 fully saturated rings. The second-order valence-corrected chi connectivity index (χ2v) is 5.14. The van der Waals surface area contributed by atoms with Gasteiger partial charge in [0.15, 0.2) is 0 Å². The number of ether oxygens (including phenoxy) is 2. The third kappa shape index (κ3) is 6.60. The number of benzene rings is 1. The summed E-state index contributed by atoms with van der Waals surface area (Å²) in [5.41, 5.74) is 0.973. The molecule has 0 heterocycles. The van der Waals surface area contributed by atoms with Crippen molar-refractivity contribution in [2.45, 2.75) is 38.9 Å². The first-order valence-corrected chi connectivity index (χ1v) is 7.14. The first-order valence-electron chi connectivity index (χ1n) is 7.14. The molecular weight excluding hydrogens is 272 g/mol. The van der Waals surface area contributed by atoms with Crippen LogP contribution in [0.2, 0.25) is 0 Å². The summed E-state index contributed by atoms with van der Waals surface area (Å²) in [6.45, 7) is 2.44. The maximum absolute atomic E-state index is 10.9. The minimum atomic E-state index is -0.870. The molecule has 0 aromatic heterocycles. The van der Waals surface area contributed by atoms with Crippen LogP contribution in [0.4, 0.5) is 0 Å². The van der Waals surface area contributed by atoms with Crippen LogP contribution in [0.15, 0.2) is 24.3 Å². The number of carbonyl (C=O) groups is 1. The molecule has 0 radical (unpaired) electrons. The van der Waals surface area contributed by atoms with Crippen molar-refractivity contribution in [2.75, 3.05) is 13.7 Å². The van der Waals surface area contributed by atoms with Crippen LogP contribution in [0.3, 0.4) is 0 Å². The van der Waals surface area contributed by atoms with E-state index in [4.69, 9.17) is 19.7 Å². The van der Waals surface area contributed by atoms with Gasteiger partial charge in [-0.05, 0) is 36.5 Å². The first-order chi connectivity index (χ1) is 10.1. The van der Waals surface area contributed by atoms with E-state index in [0.717, 1.165) is 17.7 Å². The molecule has 0 unspecified atom stereocenters. The zero-order valence-electron chi connectivity index (χ0n) is 12.6. The van der Waals surface area contributed by atoms with Gasteiger partial charge in [0.2, 0.25) is 0 Å². The lowest BCUT2D eigenvalue weighted by Gasteiger charge is -2.23. The Kier molecular flexibility index (Phi) is 7.79. The van der Waals surface area contributed by atoms with E-state index in [2.05, 4.69) is 0 Å². The Hall–Kier alpha value is -1.59. The van der Waals surface area contributed by atoms with E-state index in [1.165, 1.54) is 0 Å². The van der Waals surface area contributed by atoms with Crippen LogP contribution >= 0.6 is 0 Å². The van der Waals surface area contributed by atoms with E-state index >= 15 is 0 Å². The number of aliphatic hydroxyl groups is 1. The summed E-state index contributed by atoms with van der Waals surface area (Å²) in [7, 11) is 1.61. The Labute approximate surface area is 125 Å². The summed E-state index contributed by atoms with van der Waals surface area (Å²) < 4.78 is 10.9.